The molecule has 0 bridgehead atoms. The summed E-state index contributed by atoms with van der Waals surface area (Å²) in [4.78, 5) is 27.2. The Morgan fingerprint density at radius 1 is 1.05 bits per heavy atom. The first-order valence-corrected chi connectivity index (χ1v) is 11.4. The van der Waals surface area contributed by atoms with Gasteiger partial charge in [0.05, 0.1) is 17.2 Å². The number of aryl methyl sites for hydroxylation is 1. The molecule has 188 valence electrons. The topological polar surface area (TPSA) is 121 Å². The summed E-state index contributed by atoms with van der Waals surface area (Å²) < 4.78 is 12.4. The van der Waals surface area contributed by atoms with Gasteiger partial charge in [0, 0.05) is 36.6 Å². The van der Waals surface area contributed by atoms with Crippen LogP contribution in [-0.4, -0.2) is 45.9 Å². The summed E-state index contributed by atoms with van der Waals surface area (Å²) in [5.74, 6) is 0.301. The second-order valence-corrected chi connectivity index (χ2v) is 8.00. The summed E-state index contributed by atoms with van der Waals surface area (Å²) in [7, 11) is 1.60. The Morgan fingerprint density at radius 2 is 1.78 bits per heavy atom. The van der Waals surface area contributed by atoms with Crippen molar-refractivity contribution in [1.29, 1.82) is 0 Å². The Labute approximate surface area is 213 Å². The van der Waals surface area contributed by atoms with E-state index in [0.29, 0.717) is 30.3 Å². The first kappa shape index (κ1) is 25.3. The zero-order chi connectivity index (χ0) is 26.2. The standard InChI is InChI=1S/C27H25N5O5/c1-19-5-3-4-6-24(19)26-29-27(37-18-17-36-2)30-31(26)22-14-10-21(11-15-22)28-25(33)16-9-20-7-12-23(13-8-20)32(34)35/h3-16H,17-18H2,1-2H3,(H,28,33). The third kappa shape index (κ3) is 6.44. The Kier molecular flexibility index (Phi) is 8.01. The number of benzene rings is 3. The molecule has 3 aromatic carbocycles. The number of nitrogens with zero attached hydrogens (tertiary/aromatic N) is 4. The van der Waals surface area contributed by atoms with Crippen molar-refractivity contribution in [2.75, 3.05) is 25.6 Å². The number of anilines is 1. The number of methoxy groups -OCH3 is 1. The molecule has 0 fully saturated rings. The number of nitro benzene ring substituents is 1. The van der Waals surface area contributed by atoms with E-state index in [1.54, 1.807) is 42.1 Å². The average molecular weight is 500 g/mol. The van der Waals surface area contributed by atoms with Crippen LogP contribution in [0.15, 0.2) is 78.9 Å². The van der Waals surface area contributed by atoms with Gasteiger partial charge in [-0.25, -0.2) is 4.68 Å². The zero-order valence-electron chi connectivity index (χ0n) is 20.3. The Bertz CT molecular complexity index is 1410. The zero-order valence-corrected chi connectivity index (χ0v) is 20.3. The molecule has 0 spiro atoms. The molecule has 0 unspecified atom stereocenters. The van der Waals surface area contributed by atoms with Crippen molar-refractivity contribution in [3.05, 3.63) is 100 Å². The molecule has 0 saturated carbocycles. The number of carbonyl (C=O) groups excluding carboxylic acids is 1. The number of ether oxygens (including phenoxy) is 2. The van der Waals surface area contributed by atoms with Gasteiger partial charge in [-0.3, -0.25) is 14.9 Å². The van der Waals surface area contributed by atoms with Gasteiger partial charge in [-0.2, -0.15) is 4.98 Å². The maximum absolute atomic E-state index is 12.4. The molecule has 0 aliphatic rings. The number of amides is 1. The van der Waals surface area contributed by atoms with E-state index in [1.807, 2.05) is 43.3 Å². The molecule has 0 aliphatic carbocycles. The molecule has 0 atom stereocenters. The fourth-order valence-corrected chi connectivity index (χ4v) is 3.50. The van der Waals surface area contributed by atoms with Gasteiger partial charge < -0.3 is 14.8 Å². The summed E-state index contributed by atoms with van der Waals surface area (Å²) in [6.45, 7) is 2.75. The summed E-state index contributed by atoms with van der Waals surface area (Å²) in [5.41, 5.74) is 3.97. The molecule has 1 N–H and O–H groups in total. The molecule has 1 amide bonds. The number of hydrogen-bond donors (Lipinski definition) is 1. The van der Waals surface area contributed by atoms with Crippen molar-refractivity contribution in [2.45, 2.75) is 6.92 Å². The number of non-ortho nitro benzene ring substituents is 1. The SMILES string of the molecule is COCCOc1nc(-c2ccccc2C)n(-c2ccc(NC(=O)C=Cc3ccc([N+](=O)[O-])cc3)cc2)n1. The monoisotopic (exact) mass is 499 g/mol. The van der Waals surface area contributed by atoms with Crippen molar-refractivity contribution >= 4 is 23.4 Å². The van der Waals surface area contributed by atoms with Gasteiger partial charge in [-0.05, 0) is 60.5 Å². The first-order valence-electron chi connectivity index (χ1n) is 11.4. The van der Waals surface area contributed by atoms with Crippen LogP contribution in [0.1, 0.15) is 11.1 Å². The predicted molar refractivity (Wildman–Crippen MR) is 140 cm³/mol. The lowest BCUT2D eigenvalue weighted by Crippen LogP contribution is -2.08. The summed E-state index contributed by atoms with van der Waals surface area (Å²) in [6.07, 6.45) is 2.95. The van der Waals surface area contributed by atoms with Crippen molar-refractivity contribution in [3.8, 4) is 23.1 Å². The van der Waals surface area contributed by atoms with Crippen molar-refractivity contribution in [2.24, 2.45) is 0 Å². The Balaban J connectivity index is 1.50. The average Bonchev–Trinajstić information content (AvgIpc) is 3.32. The quantitative estimate of drug-likeness (QED) is 0.144. The van der Waals surface area contributed by atoms with Gasteiger partial charge in [0.15, 0.2) is 5.82 Å². The number of carbonyl (C=O) groups is 1. The van der Waals surface area contributed by atoms with Crippen LogP contribution in [0.4, 0.5) is 11.4 Å². The van der Waals surface area contributed by atoms with Crippen LogP contribution in [-0.2, 0) is 9.53 Å². The summed E-state index contributed by atoms with van der Waals surface area (Å²) in [5, 5.41) is 18.1. The molecule has 0 aliphatic heterocycles. The van der Waals surface area contributed by atoms with Crippen LogP contribution in [0.3, 0.4) is 0 Å². The minimum atomic E-state index is -0.470. The molecule has 4 aromatic rings. The van der Waals surface area contributed by atoms with Crippen LogP contribution >= 0.6 is 0 Å². The number of nitro groups is 1. The number of nitrogens with one attached hydrogen (secondary N) is 1. The molecule has 10 heteroatoms. The van der Waals surface area contributed by atoms with Crippen LogP contribution in [0, 0.1) is 17.0 Å². The molecule has 4 rings (SSSR count). The molecule has 1 heterocycles. The summed E-state index contributed by atoms with van der Waals surface area (Å²) >= 11 is 0. The maximum Gasteiger partial charge on any atom is 0.336 e. The van der Waals surface area contributed by atoms with Crippen molar-refractivity contribution in [3.63, 3.8) is 0 Å². The van der Waals surface area contributed by atoms with Gasteiger partial charge in [-0.15, -0.1) is 5.10 Å². The molecular weight excluding hydrogens is 474 g/mol. The second kappa shape index (κ2) is 11.7. The third-order valence-electron chi connectivity index (χ3n) is 5.40. The minimum absolute atomic E-state index is 0.00619. The Hall–Kier alpha value is -4.83. The second-order valence-electron chi connectivity index (χ2n) is 8.00. The van der Waals surface area contributed by atoms with Gasteiger partial charge in [0.25, 0.3) is 5.69 Å². The fourth-order valence-electron chi connectivity index (χ4n) is 3.50. The van der Waals surface area contributed by atoms with Crippen molar-refractivity contribution in [1.82, 2.24) is 14.8 Å². The lowest BCUT2D eigenvalue weighted by molar-refractivity contribution is -0.384. The number of rotatable bonds is 10. The van der Waals surface area contributed by atoms with Gasteiger partial charge in [0.1, 0.15) is 6.61 Å². The van der Waals surface area contributed by atoms with E-state index < -0.39 is 4.92 Å². The lowest BCUT2D eigenvalue weighted by Gasteiger charge is -2.09. The highest BCUT2D eigenvalue weighted by Gasteiger charge is 2.16. The van der Waals surface area contributed by atoms with Gasteiger partial charge in [-0.1, -0.05) is 24.3 Å². The van der Waals surface area contributed by atoms with Crippen LogP contribution in [0.2, 0.25) is 0 Å². The third-order valence-corrected chi connectivity index (χ3v) is 5.40. The van der Waals surface area contributed by atoms with E-state index in [0.717, 1.165) is 16.8 Å². The summed E-state index contributed by atoms with van der Waals surface area (Å²) in [6, 6.07) is 21.2. The molecule has 0 radical (unpaired) electrons. The molecular formula is C27H25N5O5. The number of hydrogen-bond acceptors (Lipinski definition) is 7. The molecule has 37 heavy (non-hydrogen) atoms. The fraction of sp³-hybridized carbons (Fsp3) is 0.148. The van der Waals surface area contributed by atoms with E-state index in [2.05, 4.69) is 15.4 Å². The minimum Gasteiger partial charge on any atom is -0.460 e. The highest BCUT2D eigenvalue weighted by Crippen LogP contribution is 2.27. The van der Waals surface area contributed by atoms with Gasteiger partial charge >= 0.3 is 6.01 Å². The molecule has 1 aromatic heterocycles. The Morgan fingerprint density at radius 3 is 2.46 bits per heavy atom. The van der Waals surface area contributed by atoms with Gasteiger partial charge in [0.2, 0.25) is 5.91 Å². The number of aromatic nitrogens is 3. The molecule has 10 nitrogen and oxygen atoms in total. The van der Waals surface area contributed by atoms with E-state index in [9.17, 15) is 14.9 Å². The predicted octanol–water partition coefficient (Wildman–Crippen LogP) is 4.83. The first-order chi connectivity index (χ1) is 17.9. The normalized spacial score (nSPS) is 11.0. The van der Waals surface area contributed by atoms with E-state index in [4.69, 9.17) is 9.47 Å². The highest BCUT2D eigenvalue weighted by molar-refractivity contribution is 6.02. The lowest BCUT2D eigenvalue weighted by atomic mass is 10.1. The van der Waals surface area contributed by atoms with E-state index in [1.165, 1.54) is 18.2 Å². The molecule has 0 saturated heterocycles. The van der Waals surface area contributed by atoms with E-state index >= 15 is 0 Å². The largest absolute Gasteiger partial charge is 0.460 e. The highest BCUT2D eigenvalue weighted by atomic mass is 16.6. The van der Waals surface area contributed by atoms with E-state index in [-0.39, 0.29) is 17.6 Å². The van der Waals surface area contributed by atoms with Crippen LogP contribution in [0.25, 0.3) is 23.2 Å². The smallest absolute Gasteiger partial charge is 0.336 e. The van der Waals surface area contributed by atoms with Crippen LogP contribution in [0.5, 0.6) is 6.01 Å². The van der Waals surface area contributed by atoms with Crippen LogP contribution < -0.4 is 10.1 Å². The van der Waals surface area contributed by atoms with Crippen molar-refractivity contribution < 1.29 is 19.2 Å². The maximum atomic E-state index is 12.4.